The molecule has 7 heteroatoms. The van der Waals surface area contributed by atoms with E-state index in [2.05, 4.69) is 6.08 Å². The van der Waals surface area contributed by atoms with Crippen LogP contribution in [-0.2, 0) is 16.0 Å². The van der Waals surface area contributed by atoms with Gasteiger partial charge in [0.15, 0.2) is 11.6 Å². The van der Waals surface area contributed by atoms with E-state index in [-0.39, 0.29) is 36.9 Å². The zero-order valence-electron chi connectivity index (χ0n) is 21.6. The van der Waals surface area contributed by atoms with Gasteiger partial charge in [0.2, 0.25) is 0 Å². The van der Waals surface area contributed by atoms with E-state index in [9.17, 15) is 9.18 Å². The summed E-state index contributed by atoms with van der Waals surface area (Å²) in [4.78, 5) is 12.0. The van der Waals surface area contributed by atoms with Gasteiger partial charge < -0.3 is 10.5 Å². The van der Waals surface area contributed by atoms with Crippen molar-refractivity contribution < 1.29 is 22.7 Å². The van der Waals surface area contributed by atoms with Crippen LogP contribution in [0, 0.1) is 24.4 Å². The van der Waals surface area contributed by atoms with Crippen molar-refractivity contribution >= 4 is 18.4 Å². The first-order chi connectivity index (χ1) is 16.6. The molecule has 0 heterocycles. The largest absolute Gasteiger partial charge is 0.466 e. The van der Waals surface area contributed by atoms with E-state index in [0.717, 1.165) is 25.7 Å². The van der Waals surface area contributed by atoms with Gasteiger partial charge in [0, 0.05) is 11.6 Å². The number of carbonyl (C=O) groups excluding carboxylic acids is 1. The highest BCUT2D eigenvalue weighted by Gasteiger charge is 2.31. The van der Waals surface area contributed by atoms with Gasteiger partial charge in [-0.15, -0.1) is 12.4 Å². The third kappa shape index (κ3) is 7.36. The van der Waals surface area contributed by atoms with Gasteiger partial charge in [0.25, 0.3) is 0 Å². The number of benzene rings is 2. The molecule has 1 saturated carbocycles. The predicted molar refractivity (Wildman–Crippen MR) is 141 cm³/mol. The smallest absolute Gasteiger partial charge is 0.307 e. The fourth-order valence-electron chi connectivity index (χ4n) is 4.58. The Bertz CT molecular complexity index is 1110. The van der Waals surface area contributed by atoms with Crippen LogP contribution in [-0.4, -0.2) is 12.6 Å². The topological polar surface area (TPSA) is 52.3 Å². The van der Waals surface area contributed by atoms with E-state index >= 15 is 8.78 Å². The van der Waals surface area contributed by atoms with Crippen LogP contribution in [0.1, 0.15) is 93.5 Å². The van der Waals surface area contributed by atoms with Gasteiger partial charge in [0.1, 0.15) is 5.82 Å². The first-order valence-electron chi connectivity index (χ1n) is 12.5. The van der Waals surface area contributed by atoms with Crippen LogP contribution in [0.25, 0.3) is 11.1 Å². The summed E-state index contributed by atoms with van der Waals surface area (Å²) in [7, 11) is 0. The molecule has 0 aromatic heterocycles. The fraction of sp³-hybridized carbons (Fsp3) is 0.483. The quantitative estimate of drug-likeness (QED) is 0.184. The SMILES string of the molecule is CCOC(=O)C[C@H](N)c1cc(-c2c(C)cc(F)c(F)c2CCCCC=C(C)C)cc(C2CC2)c1F.Cl. The van der Waals surface area contributed by atoms with E-state index in [4.69, 9.17) is 10.5 Å². The molecular weight excluding hydrogens is 487 g/mol. The summed E-state index contributed by atoms with van der Waals surface area (Å²) in [6.45, 7) is 7.71. The van der Waals surface area contributed by atoms with Gasteiger partial charge in [0.05, 0.1) is 13.0 Å². The second kappa shape index (κ2) is 13.3. The zero-order valence-corrected chi connectivity index (χ0v) is 22.4. The Kier molecular flexibility index (Phi) is 11.0. The molecule has 0 amide bonds. The van der Waals surface area contributed by atoms with Crippen LogP contribution in [0.3, 0.4) is 0 Å². The summed E-state index contributed by atoms with van der Waals surface area (Å²) in [6.07, 6.45) is 6.50. The van der Waals surface area contributed by atoms with Crippen LogP contribution in [0.4, 0.5) is 13.2 Å². The molecule has 1 fully saturated rings. The highest BCUT2D eigenvalue weighted by Crippen LogP contribution is 2.45. The number of aryl methyl sites for hydroxylation is 1. The third-order valence-electron chi connectivity index (χ3n) is 6.47. The van der Waals surface area contributed by atoms with Crippen LogP contribution in [0.15, 0.2) is 29.8 Å². The Morgan fingerprint density at radius 2 is 1.83 bits per heavy atom. The first-order valence-corrected chi connectivity index (χ1v) is 12.5. The number of esters is 1. The van der Waals surface area contributed by atoms with E-state index in [1.807, 2.05) is 13.8 Å². The van der Waals surface area contributed by atoms with Crippen molar-refractivity contribution in [3.05, 3.63) is 69.6 Å². The molecule has 198 valence electrons. The summed E-state index contributed by atoms with van der Waals surface area (Å²) >= 11 is 0. The number of hydrogen-bond acceptors (Lipinski definition) is 3. The predicted octanol–water partition coefficient (Wildman–Crippen LogP) is 8.01. The van der Waals surface area contributed by atoms with Gasteiger partial charge in [-0.2, -0.15) is 0 Å². The molecule has 0 spiro atoms. The highest BCUT2D eigenvalue weighted by molar-refractivity contribution is 5.85. The van der Waals surface area contributed by atoms with Crippen molar-refractivity contribution in [3.8, 4) is 11.1 Å². The van der Waals surface area contributed by atoms with Gasteiger partial charge >= 0.3 is 5.97 Å². The summed E-state index contributed by atoms with van der Waals surface area (Å²) in [5, 5.41) is 0. The van der Waals surface area contributed by atoms with Crippen molar-refractivity contribution in [1.82, 2.24) is 0 Å². The number of allylic oxidation sites excluding steroid dienone is 2. The van der Waals surface area contributed by atoms with Crippen molar-refractivity contribution in [1.29, 1.82) is 0 Å². The second-order valence-corrected chi connectivity index (χ2v) is 9.73. The Hall–Kier alpha value is -2.31. The monoisotopic (exact) mass is 523 g/mol. The molecular formula is C29H37ClF3NO2. The molecule has 2 aromatic rings. The van der Waals surface area contributed by atoms with Crippen LogP contribution >= 0.6 is 12.4 Å². The molecule has 3 nitrogen and oxygen atoms in total. The normalized spacial score (nSPS) is 13.7. The standard InChI is InChI=1S/C29H36F3NO2.ClH/c1-5-35-26(34)16-25(33)23-15-20(14-22(28(23)31)19-11-12-19)27-18(4)13-24(30)29(32)21(27)10-8-6-7-9-17(2)3;/h9,13-15,19,25H,5-8,10-12,16,33H2,1-4H3;1H/t25-;/m0./s1. The van der Waals surface area contributed by atoms with Gasteiger partial charge in [-0.1, -0.05) is 11.6 Å². The first kappa shape index (κ1) is 29.9. The minimum atomic E-state index is -0.898. The number of carbonyl (C=O) groups is 1. The van der Waals surface area contributed by atoms with E-state index in [1.165, 1.54) is 11.6 Å². The molecule has 1 atom stereocenters. The van der Waals surface area contributed by atoms with Crippen molar-refractivity contribution in [3.63, 3.8) is 0 Å². The van der Waals surface area contributed by atoms with E-state index in [1.54, 1.807) is 26.0 Å². The minimum Gasteiger partial charge on any atom is -0.466 e. The fourth-order valence-corrected chi connectivity index (χ4v) is 4.58. The van der Waals surface area contributed by atoms with Gasteiger partial charge in [-0.3, -0.25) is 4.79 Å². The number of nitrogens with two attached hydrogens (primary N) is 1. The lowest BCUT2D eigenvalue weighted by atomic mass is 9.87. The van der Waals surface area contributed by atoms with Crippen molar-refractivity contribution in [2.45, 2.75) is 84.6 Å². The average molecular weight is 524 g/mol. The average Bonchev–Trinajstić information content (AvgIpc) is 3.62. The molecule has 2 aromatic carbocycles. The van der Waals surface area contributed by atoms with Crippen LogP contribution in [0.5, 0.6) is 0 Å². The maximum absolute atomic E-state index is 15.5. The van der Waals surface area contributed by atoms with Crippen LogP contribution in [0.2, 0.25) is 0 Å². The maximum atomic E-state index is 15.5. The van der Waals surface area contributed by atoms with E-state index < -0.39 is 29.5 Å². The minimum absolute atomic E-state index is 0. The zero-order chi connectivity index (χ0) is 25.7. The van der Waals surface area contributed by atoms with Gasteiger partial charge in [-0.25, -0.2) is 13.2 Å². The molecule has 0 bridgehead atoms. The Morgan fingerprint density at radius 1 is 1.14 bits per heavy atom. The van der Waals surface area contributed by atoms with Gasteiger partial charge in [-0.05, 0) is 118 Å². The molecule has 0 radical (unpaired) electrons. The maximum Gasteiger partial charge on any atom is 0.307 e. The number of rotatable bonds is 11. The lowest BCUT2D eigenvalue weighted by Gasteiger charge is -2.20. The van der Waals surface area contributed by atoms with E-state index in [0.29, 0.717) is 40.7 Å². The molecule has 0 saturated heterocycles. The Balaban J connectivity index is 0.00000456. The molecule has 2 N–H and O–H groups in total. The second-order valence-electron chi connectivity index (χ2n) is 9.73. The number of hydrogen-bond donors (Lipinski definition) is 1. The number of halogens is 4. The van der Waals surface area contributed by atoms with Crippen molar-refractivity contribution in [2.24, 2.45) is 5.73 Å². The Labute approximate surface area is 218 Å². The highest BCUT2D eigenvalue weighted by atomic mass is 35.5. The third-order valence-corrected chi connectivity index (χ3v) is 6.47. The molecule has 0 unspecified atom stereocenters. The molecule has 0 aliphatic heterocycles. The van der Waals surface area contributed by atoms with Crippen molar-refractivity contribution in [2.75, 3.05) is 6.61 Å². The Morgan fingerprint density at radius 3 is 2.44 bits per heavy atom. The summed E-state index contributed by atoms with van der Waals surface area (Å²) in [5.41, 5.74) is 10.3. The molecule has 3 rings (SSSR count). The number of ether oxygens (including phenoxy) is 1. The lowest BCUT2D eigenvalue weighted by Crippen LogP contribution is -2.19. The summed E-state index contributed by atoms with van der Waals surface area (Å²) in [6, 6.07) is 3.64. The summed E-state index contributed by atoms with van der Waals surface area (Å²) < 4.78 is 50.0. The molecule has 36 heavy (non-hydrogen) atoms. The lowest BCUT2D eigenvalue weighted by molar-refractivity contribution is -0.143. The molecule has 1 aliphatic rings. The molecule has 1 aliphatic carbocycles. The number of unbranched alkanes of at least 4 members (excludes halogenated alkanes) is 2. The van der Waals surface area contributed by atoms with Crippen LogP contribution < -0.4 is 5.73 Å². The summed E-state index contributed by atoms with van der Waals surface area (Å²) in [5.74, 6) is -2.59.